The van der Waals surface area contributed by atoms with Crippen molar-refractivity contribution in [2.45, 2.75) is 20.0 Å². The molecule has 7 nitrogen and oxygen atoms in total. The number of hydrogen-bond donors (Lipinski definition) is 2. The van der Waals surface area contributed by atoms with Crippen molar-refractivity contribution >= 4 is 17.8 Å². The quantitative estimate of drug-likeness (QED) is 0.715. The van der Waals surface area contributed by atoms with Gasteiger partial charge in [0.05, 0.1) is 7.11 Å². The third kappa shape index (κ3) is 5.43. The van der Waals surface area contributed by atoms with Gasteiger partial charge in [-0.25, -0.2) is 0 Å². The van der Waals surface area contributed by atoms with Gasteiger partial charge in [0.25, 0.3) is 11.8 Å². The van der Waals surface area contributed by atoms with Gasteiger partial charge in [-0.1, -0.05) is 6.07 Å². The SMILES string of the molecule is CCNC(=O)[C@@H](C)OC(=O)CNC(=O)c1cccc(OC)c1. The van der Waals surface area contributed by atoms with Crippen LogP contribution in [-0.4, -0.2) is 44.1 Å². The van der Waals surface area contributed by atoms with E-state index in [1.807, 2.05) is 0 Å². The van der Waals surface area contributed by atoms with E-state index in [1.54, 1.807) is 31.2 Å². The molecule has 0 unspecified atom stereocenters. The average Bonchev–Trinajstić information content (AvgIpc) is 2.52. The summed E-state index contributed by atoms with van der Waals surface area (Å²) in [5.41, 5.74) is 0.365. The molecule has 0 bridgehead atoms. The van der Waals surface area contributed by atoms with Gasteiger partial charge in [0.1, 0.15) is 12.3 Å². The van der Waals surface area contributed by atoms with Crippen molar-refractivity contribution < 1.29 is 23.9 Å². The molecule has 0 spiro atoms. The second-order valence-corrected chi connectivity index (χ2v) is 4.44. The molecule has 1 atom stereocenters. The topological polar surface area (TPSA) is 93.7 Å². The number of nitrogens with one attached hydrogen (secondary N) is 2. The summed E-state index contributed by atoms with van der Waals surface area (Å²) < 4.78 is 9.92. The first-order valence-corrected chi connectivity index (χ1v) is 6.87. The predicted octanol–water partition coefficient (Wildman–Crippen LogP) is 0.493. The molecule has 1 aromatic carbocycles. The second-order valence-electron chi connectivity index (χ2n) is 4.44. The molecule has 2 N–H and O–H groups in total. The molecule has 0 aliphatic rings. The Morgan fingerprint density at radius 1 is 1.23 bits per heavy atom. The van der Waals surface area contributed by atoms with Gasteiger partial charge in [-0.2, -0.15) is 0 Å². The molecule has 0 aliphatic heterocycles. The Kier molecular flexibility index (Phi) is 6.88. The third-order valence-electron chi connectivity index (χ3n) is 2.75. The monoisotopic (exact) mass is 308 g/mol. The maximum Gasteiger partial charge on any atom is 0.326 e. The van der Waals surface area contributed by atoms with Gasteiger partial charge in [-0.3, -0.25) is 14.4 Å². The van der Waals surface area contributed by atoms with Crippen molar-refractivity contribution in [3.63, 3.8) is 0 Å². The molecule has 1 rings (SSSR count). The van der Waals surface area contributed by atoms with E-state index in [2.05, 4.69) is 10.6 Å². The summed E-state index contributed by atoms with van der Waals surface area (Å²) in [4.78, 5) is 34.9. The minimum atomic E-state index is -0.902. The number of carbonyl (C=O) groups excluding carboxylic acids is 3. The van der Waals surface area contributed by atoms with E-state index in [0.717, 1.165) is 0 Å². The minimum Gasteiger partial charge on any atom is -0.497 e. The van der Waals surface area contributed by atoms with Gasteiger partial charge in [0.2, 0.25) is 0 Å². The molecule has 0 radical (unpaired) electrons. The van der Waals surface area contributed by atoms with E-state index in [0.29, 0.717) is 17.9 Å². The van der Waals surface area contributed by atoms with Crippen LogP contribution in [0.2, 0.25) is 0 Å². The molecular formula is C15H20N2O5. The highest BCUT2D eigenvalue weighted by Gasteiger charge is 2.17. The van der Waals surface area contributed by atoms with Gasteiger partial charge < -0.3 is 20.1 Å². The van der Waals surface area contributed by atoms with Gasteiger partial charge in [-0.15, -0.1) is 0 Å². The van der Waals surface area contributed by atoms with Gasteiger partial charge in [0, 0.05) is 12.1 Å². The van der Waals surface area contributed by atoms with E-state index in [9.17, 15) is 14.4 Å². The van der Waals surface area contributed by atoms with E-state index in [4.69, 9.17) is 9.47 Å². The van der Waals surface area contributed by atoms with Crippen molar-refractivity contribution in [2.24, 2.45) is 0 Å². The van der Waals surface area contributed by atoms with Crippen LogP contribution in [0.5, 0.6) is 5.75 Å². The number of amides is 2. The molecule has 22 heavy (non-hydrogen) atoms. The number of methoxy groups -OCH3 is 1. The van der Waals surface area contributed by atoms with Crippen LogP contribution in [0.3, 0.4) is 0 Å². The summed E-state index contributed by atoms with van der Waals surface area (Å²) in [6, 6.07) is 6.53. The average molecular weight is 308 g/mol. The minimum absolute atomic E-state index is 0.320. The summed E-state index contributed by atoms with van der Waals surface area (Å²) >= 11 is 0. The molecule has 0 aliphatic carbocycles. The number of benzene rings is 1. The fourth-order valence-corrected chi connectivity index (χ4v) is 1.63. The first kappa shape index (κ1) is 17.5. The highest BCUT2D eigenvalue weighted by atomic mass is 16.5. The van der Waals surface area contributed by atoms with Crippen molar-refractivity contribution in [3.8, 4) is 5.75 Å². The number of carbonyl (C=O) groups is 3. The lowest BCUT2D eigenvalue weighted by Gasteiger charge is -2.13. The van der Waals surface area contributed by atoms with Crippen LogP contribution in [0.15, 0.2) is 24.3 Å². The molecule has 0 fully saturated rings. The van der Waals surface area contributed by atoms with Gasteiger partial charge >= 0.3 is 5.97 Å². The molecule has 7 heteroatoms. The molecular weight excluding hydrogens is 288 g/mol. The Morgan fingerprint density at radius 3 is 2.59 bits per heavy atom. The van der Waals surface area contributed by atoms with Crippen LogP contribution >= 0.6 is 0 Å². The van der Waals surface area contributed by atoms with Crippen molar-refractivity contribution in [2.75, 3.05) is 20.2 Å². The van der Waals surface area contributed by atoms with Gasteiger partial charge in [0.15, 0.2) is 6.10 Å². The summed E-state index contributed by atoms with van der Waals surface area (Å²) in [5.74, 6) is -0.952. The fraction of sp³-hybridized carbons (Fsp3) is 0.400. The normalized spacial score (nSPS) is 11.2. The van der Waals surface area contributed by atoms with Crippen molar-refractivity contribution in [1.29, 1.82) is 0 Å². The first-order valence-electron chi connectivity index (χ1n) is 6.87. The van der Waals surface area contributed by atoms with E-state index in [1.165, 1.54) is 14.0 Å². The lowest BCUT2D eigenvalue weighted by molar-refractivity contribution is -0.153. The molecule has 120 valence electrons. The maximum atomic E-state index is 11.9. The Morgan fingerprint density at radius 2 is 1.95 bits per heavy atom. The van der Waals surface area contributed by atoms with Crippen molar-refractivity contribution in [3.05, 3.63) is 29.8 Å². The lowest BCUT2D eigenvalue weighted by atomic mass is 10.2. The smallest absolute Gasteiger partial charge is 0.326 e. The van der Waals surface area contributed by atoms with Crippen LogP contribution < -0.4 is 15.4 Å². The second kappa shape index (κ2) is 8.66. The van der Waals surface area contributed by atoms with Crippen LogP contribution in [-0.2, 0) is 14.3 Å². The number of hydrogen-bond acceptors (Lipinski definition) is 5. The first-order chi connectivity index (χ1) is 10.5. The van der Waals surface area contributed by atoms with Gasteiger partial charge in [-0.05, 0) is 32.0 Å². The summed E-state index contributed by atoms with van der Waals surface area (Å²) in [6.45, 7) is 3.36. The largest absolute Gasteiger partial charge is 0.497 e. The van der Waals surface area contributed by atoms with Crippen LogP contribution in [0.4, 0.5) is 0 Å². The Labute approximate surface area is 129 Å². The summed E-state index contributed by atoms with van der Waals surface area (Å²) in [6.07, 6.45) is -0.902. The number of esters is 1. The molecule has 0 aromatic heterocycles. The molecule has 0 saturated heterocycles. The zero-order valence-corrected chi connectivity index (χ0v) is 12.8. The zero-order valence-electron chi connectivity index (χ0n) is 12.8. The van der Waals surface area contributed by atoms with E-state index in [-0.39, 0.29) is 12.5 Å². The summed E-state index contributed by atoms with van der Waals surface area (Å²) in [7, 11) is 1.50. The zero-order chi connectivity index (χ0) is 16.5. The van der Waals surface area contributed by atoms with Crippen LogP contribution in [0.25, 0.3) is 0 Å². The molecule has 2 amide bonds. The number of rotatable bonds is 7. The maximum absolute atomic E-state index is 11.9. The summed E-state index contributed by atoms with van der Waals surface area (Å²) in [5, 5.41) is 4.96. The Hall–Kier alpha value is -2.57. The van der Waals surface area contributed by atoms with Crippen molar-refractivity contribution in [1.82, 2.24) is 10.6 Å². The molecule has 0 heterocycles. The Balaban J connectivity index is 2.46. The van der Waals surface area contributed by atoms with E-state index >= 15 is 0 Å². The third-order valence-corrected chi connectivity index (χ3v) is 2.75. The van der Waals surface area contributed by atoms with Crippen LogP contribution in [0, 0.1) is 0 Å². The lowest BCUT2D eigenvalue weighted by Crippen LogP contribution is -2.38. The van der Waals surface area contributed by atoms with Crippen LogP contribution in [0.1, 0.15) is 24.2 Å². The number of likely N-dealkylation sites (N-methyl/N-ethyl adjacent to an activating group) is 1. The predicted molar refractivity (Wildman–Crippen MR) is 79.6 cm³/mol. The molecule has 1 aromatic rings. The Bertz CT molecular complexity index is 544. The highest BCUT2D eigenvalue weighted by Crippen LogP contribution is 2.12. The highest BCUT2D eigenvalue weighted by molar-refractivity contribution is 5.96. The molecule has 0 saturated carbocycles. The number of ether oxygens (including phenoxy) is 2. The standard InChI is InChI=1S/C15H20N2O5/c1-4-16-14(19)10(2)22-13(18)9-17-15(20)11-6-5-7-12(8-11)21-3/h5-8,10H,4,9H2,1-3H3,(H,16,19)(H,17,20)/t10-/m1/s1. The van der Waals surface area contributed by atoms with E-state index < -0.39 is 18.0 Å². The fourth-order valence-electron chi connectivity index (χ4n) is 1.63.